The fourth-order valence-electron chi connectivity index (χ4n) is 1.00. The van der Waals surface area contributed by atoms with Crippen LogP contribution in [-0.4, -0.2) is 18.1 Å². The first-order valence-electron chi connectivity index (χ1n) is 3.53. The number of anilines is 1. The lowest BCUT2D eigenvalue weighted by Gasteiger charge is -2.08. The third kappa shape index (κ3) is 1.48. The average molecular weight is 182 g/mol. The van der Waals surface area contributed by atoms with Crippen LogP contribution in [0, 0.1) is 0 Å². The summed E-state index contributed by atoms with van der Waals surface area (Å²) in [6.45, 7) is 0. The molecule has 0 bridgehead atoms. The van der Waals surface area contributed by atoms with Crippen molar-refractivity contribution in [2.45, 2.75) is 0 Å². The van der Waals surface area contributed by atoms with Crippen LogP contribution in [0.15, 0.2) is 12.1 Å². The predicted octanol–water partition coefficient (Wildman–Crippen LogP) is 0.0819. The molecule has 0 radical (unpaired) electrons. The maximum Gasteiger partial charge on any atom is 0.252 e. The molecule has 0 heterocycles. The number of rotatable bonds is 2. The van der Waals surface area contributed by atoms with Crippen molar-refractivity contribution in [1.29, 1.82) is 0 Å². The summed E-state index contributed by atoms with van der Waals surface area (Å²) in [5.74, 6) is -0.984. The third-order valence-corrected chi connectivity index (χ3v) is 1.63. The number of methoxy groups -OCH3 is 1. The van der Waals surface area contributed by atoms with Gasteiger partial charge in [0.2, 0.25) is 0 Å². The molecule has 5 N–H and O–H groups in total. The Bertz CT molecular complexity index is 349. The van der Waals surface area contributed by atoms with E-state index in [9.17, 15) is 9.90 Å². The zero-order valence-corrected chi connectivity index (χ0v) is 7.07. The van der Waals surface area contributed by atoms with Gasteiger partial charge in [-0.3, -0.25) is 4.79 Å². The van der Waals surface area contributed by atoms with Crippen molar-refractivity contribution in [1.82, 2.24) is 0 Å². The quantitative estimate of drug-likeness (QED) is 0.564. The first-order valence-corrected chi connectivity index (χ1v) is 3.53. The number of primary amides is 1. The minimum atomic E-state index is -0.726. The number of phenols is 1. The van der Waals surface area contributed by atoms with Crippen LogP contribution < -0.4 is 16.2 Å². The lowest BCUT2D eigenvalue weighted by Crippen LogP contribution is -2.11. The molecule has 0 fully saturated rings. The molecule has 13 heavy (non-hydrogen) atoms. The van der Waals surface area contributed by atoms with E-state index in [1.807, 2.05) is 0 Å². The number of amides is 1. The molecule has 1 aromatic carbocycles. The molecular weight excluding hydrogens is 172 g/mol. The van der Waals surface area contributed by atoms with Crippen LogP contribution in [0.1, 0.15) is 10.4 Å². The summed E-state index contributed by atoms with van der Waals surface area (Å²) in [7, 11) is 1.34. The number of ether oxygens (including phenoxy) is 1. The van der Waals surface area contributed by atoms with Crippen LogP contribution >= 0.6 is 0 Å². The number of aromatic hydroxyl groups is 1. The van der Waals surface area contributed by atoms with E-state index in [1.165, 1.54) is 19.2 Å². The maximum absolute atomic E-state index is 10.8. The highest BCUT2D eigenvalue weighted by Crippen LogP contribution is 2.34. The van der Waals surface area contributed by atoms with Crippen LogP contribution in [0.5, 0.6) is 11.5 Å². The lowest BCUT2D eigenvalue weighted by molar-refractivity contribution is 0.0997. The van der Waals surface area contributed by atoms with Gasteiger partial charge in [0.05, 0.1) is 18.4 Å². The van der Waals surface area contributed by atoms with E-state index in [4.69, 9.17) is 16.2 Å². The molecule has 0 aromatic heterocycles. The number of carbonyl (C=O) groups is 1. The Balaban J connectivity index is 3.35. The SMILES string of the molecule is COc1c(N)ccc(C(N)=O)c1O. The zero-order chi connectivity index (χ0) is 10.0. The van der Waals surface area contributed by atoms with Crippen LogP contribution in [0.25, 0.3) is 0 Å². The van der Waals surface area contributed by atoms with Crippen molar-refractivity contribution in [3.05, 3.63) is 17.7 Å². The van der Waals surface area contributed by atoms with Crippen LogP contribution in [0.4, 0.5) is 5.69 Å². The highest BCUT2D eigenvalue weighted by atomic mass is 16.5. The summed E-state index contributed by atoms with van der Waals surface area (Å²) in [5.41, 5.74) is 10.7. The Morgan fingerprint density at radius 2 is 2.15 bits per heavy atom. The van der Waals surface area contributed by atoms with Gasteiger partial charge in [0.25, 0.3) is 5.91 Å². The number of hydrogen-bond donors (Lipinski definition) is 3. The molecule has 1 rings (SSSR count). The minimum absolute atomic E-state index is 0.00829. The standard InChI is InChI=1S/C8H10N2O3/c1-13-7-5(9)3-2-4(6(7)11)8(10)12/h2-3,11H,9H2,1H3,(H2,10,12). The van der Waals surface area contributed by atoms with Crippen molar-refractivity contribution < 1.29 is 14.6 Å². The van der Waals surface area contributed by atoms with Gasteiger partial charge in [-0.1, -0.05) is 0 Å². The predicted molar refractivity (Wildman–Crippen MR) is 47.6 cm³/mol. The van der Waals surface area contributed by atoms with Gasteiger partial charge in [-0.2, -0.15) is 0 Å². The number of carbonyl (C=O) groups excluding carboxylic acids is 1. The van der Waals surface area contributed by atoms with E-state index in [1.54, 1.807) is 0 Å². The van der Waals surface area contributed by atoms with Gasteiger partial charge >= 0.3 is 0 Å². The average Bonchev–Trinajstić information content (AvgIpc) is 2.04. The van der Waals surface area contributed by atoms with Crippen LogP contribution in [0.2, 0.25) is 0 Å². The number of benzene rings is 1. The molecule has 0 aliphatic carbocycles. The molecule has 0 aliphatic rings. The second-order valence-electron chi connectivity index (χ2n) is 2.45. The van der Waals surface area contributed by atoms with Gasteiger partial charge in [-0.15, -0.1) is 0 Å². The van der Waals surface area contributed by atoms with Gasteiger partial charge in [-0.05, 0) is 12.1 Å². The summed E-state index contributed by atoms with van der Waals surface area (Å²) in [4.78, 5) is 10.8. The molecule has 70 valence electrons. The van der Waals surface area contributed by atoms with E-state index in [2.05, 4.69) is 0 Å². The van der Waals surface area contributed by atoms with Crippen molar-refractivity contribution in [2.75, 3.05) is 12.8 Å². The van der Waals surface area contributed by atoms with Gasteiger partial charge < -0.3 is 21.3 Å². The third-order valence-electron chi connectivity index (χ3n) is 1.63. The Hall–Kier alpha value is -1.91. The van der Waals surface area contributed by atoms with Gasteiger partial charge in [0, 0.05) is 0 Å². The topological polar surface area (TPSA) is 98.6 Å². The zero-order valence-electron chi connectivity index (χ0n) is 7.07. The van der Waals surface area contributed by atoms with Gasteiger partial charge in [-0.25, -0.2) is 0 Å². The fourth-order valence-corrected chi connectivity index (χ4v) is 1.00. The van der Waals surface area contributed by atoms with Crippen molar-refractivity contribution in [3.63, 3.8) is 0 Å². The lowest BCUT2D eigenvalue weighted by atomic mass is 10.1. The monoisotopic (exact) mass is 182 g/mol. The molecule has 1 aromatic rings. The first kappa shape index (κ1) is 9.18. The molecule has 0 unspecified atom stereocenters. The second-order valence-corrected chi connectivity index (χ2v) is 2.45. The van der Waals surface area contributed by atoms with E-state index >= 15 is 0 Å². The van der Waals surface area contributed by atoms with Crippen molar-refractivity contribution in [3.8, 4) is 11.5 Å². The molecule has 0 saturated heterocycles. The van der Waals surface area contributed by atoms with Gasteiger partial charge in [0.1, 0.15) is 0 Å². The highest BCUT2D eigenvalue weighted by Gasteiger charge is 2.14. The van der Waals surface area contributed by atoms with Crippen LogP contribution in [0.3, 0.4) is 0 Å². The first-order chi connectivity index (χ1) is 6.07. The van der Waals surface area contributed by atoms with E-state index in [-0.39, 0.29) is 22.7 Å². The largest absolute Gasteiger partial charge is 0.504 e. The summed E-state index contributed by atoms with van der Waals surface area (Å²) >= 11 is 0. The smallest absolute Gasteiger partial charge is 0.252 e. The normalized spacial score (nSPS) is 9.62. The van der Waals surface area contributed by atoms with Gasteiger partial charge in [0.15, 0.2) is 11.5 Å². The summed E-state index contributed by atoms with van der Waals surface area (Å²) in [5, 5.41) is 9.43. The van der Waals surface area contributed by atoms with Crippen molar-refractivity contribution >= 4 is 11.6 Å². The molecule has 5 nitrogen and oxygen atoms in total. The Morgan fingerprint density at radius 1 is 1.54 bits per heavy atom. The molecule has 0 atom stereocenters. The molecule has 5 heteroatoms. The Labute approximate surface area is 74.9 Å². The number of nitrogen functional groups attached to an aromatic ring is 1. The van der Waals surface area contributed by atoms with E-state index in [0.717, 1.165) is 0 Å². The molecule has 1 amide bonds. The highest BCUT2D eigenvalue weighted by molar-refractivity contribution is 5.97. The number of hydrogen-bond acceptors (Lipinski definition) is 4. The van der Waals surface area contributed by atoms with Crippen LogP contribution in [-0.2, 0) is 0 Å². The minimum Gasteiger partial charge on any atom is -0.504 e. The Kier molecular flexibility index (Phi) is 2.27. The fraction of sp³-hybridized carbons (Fsp3) is 0.125. The van der Waals surface area contributed by atoms with E-state index in [0.29, 0.717) is 0 Å². The maximum atomic E-state index is 10.8. The molecule has 0 aliphatic heterocycles. The summed E-state index contributed by atoms with van der Waals surface area (Å²) < 4.78 is 4.78. The second kappa shape index (κ2) is 3.22. The molecule has 0 spiro atoms. The summed E-state index contributed by atoms with van der Waals surface area (Å²) in [6.07, 6.45) is 0. The molecular formula is C8H10N2O3. The summed E-state index contributed by atoms with van der Waals surface area (Å²) in [6, 6.07) is 2.79. The Morgan fingerprint density at radius 3 is 2.62 bits per heavy atom. The molecule has 0 saturated carbocycles. The van der Waals surface area contributed by atoms with E-state index < -0.39 is 5.91 Å². The number of nitrogens with two attached hydrogens (primary N) is 2. The van der Waals surface area contributed by atoms with Crippen molar-refractivity contribution in [2.24, 2.45) is 5.73 Å².